The number of fused-ring (bicyclic) bond motifs is 1. The van der Waals surface area contributed by atoms with Gasteiger partial charge in [-0.15, -0.1) is 0 Å². The summed E-state index contributed by atoms with van der Waals surface area (Å²) in [7, 11) is 0. The van der Waals surface area contributed by atoms with Crippen molar-refractivity contribution >= 4 is 28.5 Å². The normalized spacial score (nSPS) is 9.05. The third-order valence-electron chi connectivity index (χ3n) is 2.34. The zero-order chi connectivity index (χ0) is 12.4. The molecule has 0 fully saturated rings. The first-order chi connectivity index (χ1) is 8.08. The van der Waals surface area contributed by atoms with Crippen LogP contribution in [-0.2, 0) is 0 Å². The second-order valence-electron chi connectivity index (χ2n) is 3.44. The third-order valence-corrected chi connectivity index (χ3v) is 2.34. The second kappa shape index (κ2) is 8.88. The number of carbonyl (C=O) groups is 2. The maximum Gasteiger partial charge on any atom is 1.00 e. The van der Waals surface area contributed by atoms with Crippen molar-refractivity contribution in [1.29, 1.82) is 0 Å². The Labute approximate surface area is 194 Å². The summed E-state index contributed by atoms with van der Waals surface area (Å²) in [5, 5.41) is 24.7. The van der Waals surface area contributed by atoms with E-state index in [4.69, 9.17) is 0 Å². The monoisotopic (exact) mass is 307 g/mol. The van der Waals surface area contributed by atoms with Crippen LogP contribution in [0.25, 0.3) is 10.8 Å². The molecule has 86 valence electrons. The molecule has 19 heavy (non-hydrogen) atoms. The molecule has 0 unspecified atom stereocenters. The van der Waals surface area contributed by atoms with E-state index in [1.54, 1.807) is 24.3 Å². The molecule has 0 heterocycles. The molecule has 0 bridgehead atoms. The van der Waals surface area contributed by atoms with Gasteiger partial charge in [0, 0.05) is 11.3 Å². The molecule has 2 aromatic carbocycles. The van der Waals surface area contributed by atoms with E-state index < -0.39 is 12.1 Å². The van der Waals surface area contributed by atoms with Gasteiger partial charge in [0.1, 0.15) is 6.09 Å². The van der Waals surface area contributed by atoms with Crippen LogP contribution in [0.2, 0.25) is 0 Å². The van der Waals surface area contributed by atoms with Crippen molar-refractivity contribution in [2.24, 2.45) is 0 Å². The summed E-state index contributed by atoms with van der Waals surface area (Å²) in [4.78, 5) is 21.3. The predicted octanol–water partition coefficient (Wildman–Crippen LogP) is -6.03. The molecule has 2 rings (SSSR count). The van der Waals surface area contributed by atoms with Crippen LogP contribution in [0.3, 0.4) is 0 Å². The summed E-state index contributed by atoms with van der Waals surface area (Å²) in [6.45, 7) is 0. The number of carboxylic acids is 1. The van der Waals surface area contributed by atoms with E-state index in [1.807, 2.05) is 5.32 Å². The average molecular weight is 307 g/mol. The van der Waals surface area contributed by atoms with Gasteiger partial charge < -0.3 is 25.1 Å². The SMILES string of the molecule is O=C([O-])Nc1cc2ccccc2cc1C(=O)[O-].[K+].[K+]. The molecule has 0 aliphatic carbocycles. The summed E-state index contributed by atoms with van der Waals surface area (Å²) in [5.41, 5.74) is -0.267. The van der Waals surface area contributed by atoms with Gasteiger partial charge in [0.05, 0.1) is 5.97 Å². The molecule has 0 spiro atoms. The summed E-state index contributed by atoms with van der Waals surface area (Å²) in [6, 6.07) is 9.78. The van der Waals surface area contributed by atoms with Crippen LogP contribution in [0.1, 0.15) is 10.4 Å². The number of nitrogens with one attached hydrogen (secondary N) is 1. The molecule has 0 aliphatic rings. The second-order valence-corrected chi connectivity index (χ2v) is 3.44. The number of aromatic carboxylic acids is 1. The van der Waals surface area contributed by atoms with Crippen molar-refractivity contribution in [2.75, 3.05) is 5.32 Å². The van der Waals surface area contributed by atoms with Crippen LogP contribution >= 0.6 is 0 Å². The topological polar surface area (TPSA) is 92.3 Å². The summed E-state index contributed by atoms with van der Waals surface area (Å²) in [5.74, 6) is -1.44. The van der Waals surface area contributed by atoms with Gasteiger partial charge in [0.2, 0.25) is 0 Å². The summed E-state index contributed by atoms with van der Waals surface area (Å²) in [6.07, 6.45) is -1.57. The number of carboxylic acid groups (broad SMARTS) is 2. The minimum atomic E-state index is -1.57. The molecular formula is C12H7K2NO4. The van der Waals surface area contributed by atoms with Crippen molar-refractivity contribution < 1.29 is 123 Å². The third kappa shape index (κ3) is 5.20. The molecule has 5 nitrogen and oxygen atoms in total. The molecule has 0 saturated heterocycles. The quantitative estimate of drug-likeness (QED) is 0.559. The smallest absolute Gasteiger partial charge is 0.545 e. The number of hydrogen-bond donors (Lipinski definition) is 1. The zero-order valence-corrected chi connectivity index (χ0v) is 16.8. The van der Waals surface area contributed by atoms with Gasteiger partial charge in [-0.2, -0.15) is 0 Å². The van der Waals surface area contributed by atoms with Gasteiger partial charge in [-0.05, 0) is 22.9 Å². The maximum absolute atomic E-state index is 10.9. The van der Waals surface area contributed by atoms with Crippen LogP contribution in [0, 0.1) is 0 Å². The molecule has 0 aromatic heterocycles. The molecule has 1 amide bonds. The molecule has 1 N–H and O–H groups in total. The van der Waals surface area contributed by atoms with E-state index in [2.05, 4.69) is 0 Å². The van der Waals surface area contributed by atoms with Gasteiger partial charge >= 0.3 is 103 Å². The standard InChI is InChI=1S/C12H9NO4.2K/c14-11(15)9-5-7-3-1-2-4-8(7)6-10(9)13-12(16)17;;/h1-6,13H,(H,14,15)(H,16,17);;/q;2*+1/p-2. The molecule has 0 aliphatic heterocycles. The minimum absolute atomic E-state index is 0. The van der Waals surface area contributed by atoms with E-state index in [0.717, 1.165) is 5.39 Å². The van der Waals surface area contributed by atoms with E-state index >= 15 is 0 Å². The molecule has 2 aromatic rings. The first-order valence-electron chi connectivity index (χ1n) is 4.80. The van der Waals surface area contributed by atoms with Crippen LogP contribution in [0.4, 0.5) is 10.5 Å². The zero-order valence-electron chi connectivity index (χ0n) is 10.6. The van der Waals surface area contributed by atoms with E-state index in [1.165, 1.54) is 12.1 Å². The number of anilines is 1. The van der Waals surface area contributed by atoms with Gasteiger partial charge in [0.25, 0.3) is 0 Å². The molecular weight excluding hydrogens is 300 g/mol. The van der Waals surface area contributed by atoms with E-state index in [9.17, 15) is 19.8 Å². The number of hydrogen-bond acceptors (Lipinski definition) is 4. The largest absolute Gasteiger partial charge is 1.00 e. The number of carbonyl (C=O) groups excluding carboxylic acids is 2. The Hall–Kier alpha value is 0.713. The minimum Gasteiger partial charge on any atom is -0.545 e. The van der Waals surface area contributed by atoms with Crippen LogP contribution < -0.4 is 118 Å². The van der Waals surface area contributed by atoms with Crippen molar-refractivity contribution in [2.45, 2.75) is 0 Å². The Kier molecular flexibility index (Phi) is 9.21. The van der Waals surface area contributed by atoms with Gasteiger partial charge in [-0.25, -0.2) is 0 Å². The van der Waals surface area contributed by atoms with Gasteiger partial charge in [0.15, 0.2) is 0 Å². The Morgan fingerprint density at radius 2 is 1.47 bits per heavy atom. The molecule has 0 radical (unpaired) electrons. The Morgan fingerprint density at radius 1 is 0.947 bits per heavy atom. The molecule has 0 atom stereocenters. The first kappa shape index (κ1) is 19.7. The van der Waals surface area contributed by atoms with E-state index in [0.29, 0.717) is 5.39 Å². The van der Waals surface area contributed by atoms with Crippen molar-refractivity contribution in [3.05, 3.63) is 42.0 Å². The fourth-order valence-corrected chi connectivity index (χ4v) is 1.62. The van der Waals surface area contributed by atoms with E-state index in [-0.39, 0.29) is 114 Å². The van der Waals surface area contributed by atoms with Crippen molar-refractivity contribution in [3.63, 3.8) is 0 Å². The van der Waals surface area contributed by atoms with Crippen molar-refractivity contribution in [1.82, 2.24) is 0 Å². The Morgan fingerprint density at radius 3 is 1.95 bits per heavy atom. The average Bonchev–Trinajstić information content (AvgIpc) is 2.27. The maximum atomic E-state index is 10.9. The Balaban J connectivity index is 0.00000162. The number of benzene rings is 2. The summed E-state index contributed by atoms with van der Waals surface area (Å²) >= 11 is 0. The molecule has 0 saturated carbocycles. The van der Waals surface area contributed by atoms with Crippen LogP contribution in [0.15, 0.2) is 36.4 Å². The van der Waals surface area contributed by atoms with Gasteiger partial charge in [-0.3, -0.25) is 0 Å². The summed E-state index contributed by atoms with van der Waals surface area (Å²) < 4.78 is 0. The predicted molar refractivity (Wildman–Crippen MR) is 57.3 cm³/mol. The fourth-order valence-electron chi connectivity index (χ4n) is 1.62. The first-order valence-corrected chi connectivity index (χ1v) is 4.80. The van der Waals surface area contributed by atoms with Crippen LogP contribution in [0.5, 0.6) is 0 Å². The fraction of sp³-hybridized carbons (Fsp3) is 0. The van der Waals surface area contributed by atoms with Gasteiger partial charge in [-0.1, -0.05) is 24.3 Å². The Bertz CT molecular complexity index is 616. The number of rotatable bonds is 2. The molecule has 7 heteroatoms. The number of amides is 1. The van der Waals surface area contributed by atoms with Crippen molar-refractivity contribution in [3.8, 4) is 0 Å². The van der Waals surface area contributed by atoms with Crippen LogP contribution in [-0.4, -0.2) is 12.1 Å².